The summed E-state index contributed by atoms with van der Waals surface area (Å²) >= 11 is 0. The highest BCUT2D eigenvalue weighted by molar-refractivity contribution is 5.00. The van der Waals surface area contributed by atoms with E-state index < -0.39 is 0 Å². The molecule has 0 radical (unpaired) electrons. The Balaban J connectivity index is 2.34. The van der Waals surface area contributed by atoms with Crippen LogP contribution in [0.1, 0.15) is 50.9 Å². The molecule has 90 valence electrons. The lowest BCUT2D eigenvalue weighted by Crippen LogP contribution is -2.28. The molecule has 1 N–H and O–H groups in total. The van der Waals surface area contributed by atoms with Gasteiger partial charge in [-0.05, 0) is 19.8 Å². The molecule has 16 heavy (non-hydrogen) atoms. The lowest BCUT2D eigenvalue weighted by molar-refractivity contribution is 0.449. The molecule has 0 saturated carbocycles. The van der Waals surface area contributed by atoms with E-state index in [4.69, 9.17) is 0 Å². The number of nitrogens with zero attached hydrogens (tertiary/aromatic N) is 2. The fourth-order valence-electron chi connectivity index (χ4n) is 1.66. The van der Waals surface area contributed by atoms with Crippen molar-refractivity contribution in [1.29, 1.82) is 0 Å². The van der Waals surface area contributed by atoms with Gasteiger partial charge in [-0.3, -0.25) is 9.97 Å². The van der Waals surface area contributed by atoms with Crippen molar-refractivity contribution in [2.75, 3.05) is 0 Å². The Morgan fingerprint density at radius 2 is 2.06 bits per heavy atom. The minimum absolute atomic E-state index is 0.614. The molecule has 1 atom stereocenters. The van der Waals surface area contributed by atoms with E-state index in [0.717, 1.165) is 17.9 Å². The molecule has 3 heteroatoms. The van der Waals surface area contributed by atoms with Crippen molar-refractivity contribution in [3.63, 3.8) is 0 Å². The van der Waals surface area contributed by atoms with E-state index in [1.807, 2.05) is 19.3 Å². The Kier molecular flexibility index (Phi) is 6.01. The first-order chi connectivity index (χ1) is 7.76. The predicted molar refractivity (Wildman–Crippen MR) is 67.2 cm³/mol. The van der Waals surface area contributed by atoms with Crippen molar-refractivity contribution in [2.45, 2.75) is 59.0 Å². The topological polar surface area (TPSA) is 37.8 Å². The molecule has 0 aliphatic heterocycles. The van der Waals surface area contributed by atoms with Crippen molar-refractivity contribution in [2.24, 2.45) is 0 Å². The summed E-state index contributed by atoms with van der Waals surface area (Å²) in [6.45, 7) is 7.25. The summed E-state index contributed by atoms with van der Waals surface area (Å²) < 4.78 is 0. The maximum Gasteiger partial charge on any atom is 0.0724 e. The highest BCUT2D eigenvalue weighted by Crippen LogP contribution is 2.05. The SMILES string of the molecule is CCCCC(CC)NCc1cnc(C)cn1. The number of hydrogen-bond donors (Lipinski definition) is 1. The third-order valence-electron chi connectivity index (χ3n) is 2.81. The second-order valence-electron chi connectivity index (χ2n) is 4.28. The second-order valence-corrected chi connectivity index (χ2v) is 4.28. The van der Waals surface area contributed by atoms with Crippen LogP contribution in [0.25, 0.3) is 0 Å². The molecule has 3 nitrogen and oxygen atoms in total. The molecule has 0 saturated heterocycles. The average Bonchev–Trinajstić information content (AvgIpc) is 2.32. The Bertz CT molecular complexity index is 282. The zero-order valence-electron chi connectivity index (χ0n) is 10.7. The van der Waals surface area contributed by atoms with E-state index in [-0.39, 0.29) is 0 Å². The van der Waals surface area contributed by atoms with Crippen LogP contribution in [0.3, 0.4) is 0 Å². The van der Waals surface area contributed by atoms with Crippen LogP contribution in [0.15, 0.2) is 12.4 Å². The standard InChI is InChI=1S/C13H23N3/c1-4-6-7-12(5-2)16-10-13-9-14-11(3)8-15-13/h8-9,12,16H,4-7,10H2,1-3H3. The van der Waals surface area contributed by atoms with Crippen LogP contribution in [0, 0.1) is 6.92 Å². The molecule has 0 amide bonds. The van der Waals surface area contributed by atoms with E-state index >= 15 is 0 Å². The van der Waals surface area contributed by atoms with Gasteiger partial charge in [-0.2, -0.15) is 0 Å². The lowest BCUT2D eigenvalue weighted by atomic mass is 10.1. The zero-order valence-corrected chi connectivity index (χ0v) is 10.7. The fraction of sp³-hybridized carbons (Fsp3) is 0.692. The Morgan fingerprint density at radius 3 is 2.62 bits per heavy atom. The zero-order chi connectivity index (χ0) is 11.8. The highest BCUT2D eigenvalue weighted by atomic mass is 14.9. The van der Waals surface area contributed by atoms with Crippen LogP contribution < -0.4 is 5.32 Å². The smallest absolute Gasteiger partial charge is 0.0724 e. The number of nitrogens with one attached hydrogen (secondary N) is 1. The minimum atomic E-state index is 0.614. The molecule has 0 aromatic carbocycles. The van der Waals surface area contributed by atoms with Gasteiger partial charge in [0.1, 0.15) is 0 Å². The van der Waals surface area contributed by atoms with Crippen LogP contribution in [0.2, 0.25) is 0 Å². The van der Waals surface area contributed by atoms with Gasteiger partial charge in [0, 0.05) is 25.0 Å². The summed E-state index contributed by atoms with van der Waals surface area (Å²) in [5, 5.41) is 3.54. The normalized spacial score (nSPS) is 12.7. The Labute approximate surface area is 98.7 Å². The number of aromatic nitrogens is 2. The second kappa shape index (κ2) is 7.34. The molecule has 0 spiro atoms. The number of unbranched alkanes of at least 4 members (excludes halogenated alkanes) is 1. The van der Waals surface area contributed by atoms with Gasteiger partial charge in [0.2, 0.25) is 0 Å². The summed E-state index contributed by atoms with van der Waals surface area (Å²) in [5.41, 5.74) is 2.00. The van der Waals surface area contributed by atoms with Gasteiger partial charge >= 0.3 is 0 Å². The maximum atomic E-state index is 4.34. The van der Waals surface area contributed by atoms with Crippen molar-refractivity contribution in [3.05, 3.63) is 23.8 Å². The lowest BCUT2D eigenvalue weighted by Gasteiger charge is -2.16. The van der Waals surface area contributed by atoms with Crippen LogP contribution >= 0.6 is 0 Å². The molecule has 0 bridgehead atoms. The van der Waals surface area contributed by atoms with Crippen LogP contribution in [-0.4, -0.2) is 16.0 Å². The van der Waals surface area contributed by atoms with Crippen LogP contribution in [0.4, 0.5) is 0 Å². The van der Waals surface area contributed by atoms with E-state index in [2.05, 4.69) is 29.1 Å². The number of rotatable bonds is 7. The maximum absolute atomic E-state index is 4.34. The van der Waals surface area contributed by atoms with Gasteiger partial charge in [-0.1, -0.05) is 26.7 Å². The molecule has 1 aromatic rings. The van der Waals surface area contributed by atoms with Gasteiger partial charge in [-0.25, -0.2) is 0 Å². The molecule has 0 aliphatic rings. The van der Waals surface area contributed by atoms with Gasteiger partial charge in [0.05, 0.1) is 11.4 Å². The Hall–Kier alpha value is -0.960. The third-order valence-corrected chi connectivity index (χ3v) is 2.81. The van der Waals surface area contributed by atoms with Crippen LogP contribution in [0.5, 0.6) is 0 Å². The summed E-state index contributed by atoms with van der Waals surface area (Å²) in [6.07, 6.45) is 8.68. The number of hydrogen-bond acceptors (Lipinski definition) is 3. The van der Waals surface area contributed by atoms with Crippen molar-refractivity contribution in [3.8, 4) is 0 Å². The van der Waals surface area contributed by atoms with Crippen molar-refractivity contribution < 1.29 is 0 Å². The monoisotopic (exact) mass is 221 g/mol. The molecule has 0 aliphatic carbocycles. The van der Waals surface area contributed by atoms with Crippen LogP contribution in [-0.2, 0) is 6.54 Å². The number of aryl methyl sites for hydroxylation is 1. The first-order valence-corrected chi connectivity index (χ1v) is 6.27. The molecule has 1 aromatic heterocycles. The first kappa shape index (κ1) is 13.1. The predicted octanol–water partition coefficient (Wildman–Crippen LogP) is 2.84. The average molecular weight is 221 g/mol. The molecule has 1 rings (SSSR count). The quantitative estimate of drug-likeness (QED) is 0.769. The van der Waals surface area contributed by atoms with Gasteiger partial charge < -0.3 is 5.32 Å². The van der Waals surface area contributed by atoms with Gasteiger partial charge in [0.25, 0.3) is 0 Å². The molecular weight excluding hydrogens is 198 g/mol. The molecule has 1 heterocycles. The fourth-order valence-corrected chi connectivity index (χ4v) is 1.66. The largest absolute Gasteiger partial charge is 0.308 e. The highest BCUT2D eigenvalue weighted by Gasteiger charge is 2.05. The minimum Gasteiger partial charge on any atom is -0.308 e. The van der Waals surface area contributed by atoms with Crippen molar-refractivity contribution in [1.82, 2.24) is 15.3 Å². The summed E-state index contributed by atoms with van der Waals surface area (Å²) in [4.78, 5) is 8.58. The van der Waals surface area contributed by atoms with Crippen molar-refractivity contribution >= 4 is 0 Å². The summed E-state index contributed by atoms with van der Waals surface area (Å²) in [6, 6.07) is 0.614. The van der Waals surface area contributed by atoms with E-state index in [0.29, 0.717) is 6.04 Å². The summed E-state index contributed by atoms with van der Waals surface area (Å²) in [7, 11) is 0. The molecule has 1 unspecified atom stereocenters. The first-order valence-electron chi connectivity index (χ1n) is 6.27. The van der Waals surface area contributed by atoms with Gasteiger partial charge in [-0.15, -0.1) is 0 Å². The third kappa shape index (κ3) is 4.71. The molecular formula is C13H23N3. The molecule has 0 fully saturated rings. The van der Waals surface area contributed by atoms with Gasteiger partial charge in [0.15, 0.2) is 0 Å². The van der Waals surface area contributed by atoms with E-state index in [1.54, 1.807) is 0 Å². The van der Waals surface area contributed by atoms with E-state index in [9.17, 15) is 0 Å². The van der Waals surface area contributed by atoms with E-state index in [1.165, 1.54) is 25.7 Å². The summed E-state index contributed by atoms with van der Waals surface area (Å²) in [5.74, 6) is 0. The Morgan fingerprint density at radius 1 is 1.25 bits per heavy atom.